The number of aromatic nitrogens is 2. The van der Waals surface area contributed by atoms with E-state index in [-0.39, 0.29) is 12.3 Å². The smallest absolute Gasteiger partial charge is 0.308 e. The van der Waals surface area contributed by atoms with Crippen LogP contribution in [0.3, 0.4) is 0 Å². The molecule has 0 bridgehead atoms. The fourth-order valence-electron chi connectivity index (χ4n) is 2.91. The number of amides is 2. The SMILES string of the molecule is CCSc1nnc(NC(=O)COC(=O)CC(NC(=O)c2ccccc2)c2cccc(OC)c2)s1. The Morgan fingerprint density at radius 3 is 2.62 bits per heavy atom. The fourth-order valence-corrected chi connectivity index (χ4v) is 4.58. The minimum Gasteiger partial charge on any atom is -0.497 e. The second kappa shape index (κ2) is 12.7. The van der Waals surface area contributed by atoms with Gasteiger partial charge in [0.25, 0.3) is 11.8 Å². The maximum absolute atomic E-state index is 12.7. The lowest BCUT2D eigenvalue weighted by Gasteiger charge is -2.19. The number of benzene rings is 2. The number of esters is 1. The van der Waals surface area contributed by atoms with Crippen molar-refractivity contribution in [2.75, 3.05) is 24.8 Å². The van der Waals surface area contributed by atoms with Gasteiger partial charge >= 0.3 is 5.97 Å². The third-order valence-corrected chi connectivity index (χ3v) is 6.35. The highest BCUT2D eigenvalue weighted by molar-refractivity contribution is 8.01. The van der Waals surface area contributed by atoms with Crippen LogP contribution in [0.1, 0.15) is 35.3 Å². The average molecular weight is 501 g/mol. The molecule has 0 spiro atoms. The van der Waals surface area contributed by atoms with Crippen molar-refractivity contribution in [2.24, 2.45) is 0 Å². The van der Waals surface area contributed by atoms with Gasteiger partial charge in [-0.25, -0.2) is 0 Å². The van der Waals surface area contributed by atoms with Crippen molar-refractivity contribution in [3.8, 4) is 5.75 Å². The molecule has 3 aromatic rings. The quantitative estimate of drug-likeness (QED) is 0.232. The molecule has 1 aromatic heterocycles. The van der Waals surface area contributed by atoms with Crippen molar-refractivity contribution in [1.29, 1.82) is 0 Å². The van der Waals surface area contributed by atoms with Gasteiger partial charge in [-0.15, -0.1) is 10.2 Å². The molecule has 34 heavy (non-hydrogen) atoms. The van der Waals surface area contributed by atoms with Crippen molar-refractivity contribution in [2.45, 2.75) is 23.7 Å². The van der Waals surface area contributed by atoms with Gasteiger partial charge in [0.15, 0.2) is 10.9 Å². The third kappa shape index (κ3) is 7.56. The van der Waals surface area contributed by atoms with E-state index in [2.05, 4.69) is 20.8 Å². The van der Waals surface area contributed by atoms with E-state index in [0.29, 0.717) is 22.0 Å². The first kappa shape index (κ1) is 25.2. The van der Waals surface area contributed by atoms with Gasteiger partial charge in [0, 0.05) is 5.56 Å². The van der Waals surface area contributed by atoms with Crippen molar-refractivity contribution in [1.82, 2.24) is 15.5 Å². The van der Waals surface area contributed by atoms with E-state index in [1.807, 2.05) is 13.0 Å². The van der Waals surface area contributed by atoms with Crippen molar-refractivity contribution in [3.05, 3.63) is 65.7 Å². The second-order valence-electron chi connectivity index (χ2n) is 6.89. The highest BCUT2D eigenvalue weighted by Gasteiger charge is 2.21. The first-order valence-electron chi connectivity index (χ1n) is 10.4. The summed E-state index contributed by atoms with van der Waals surface area (Å²) in [5.41, 5.74) is 1.13. The Kier molecular flexibility index (Phi) is 9.41. The molecule has 2 amide bonds. The number of rotatable bonds is 11. The van der Waals surface area contributed by atoms with E-state index in [1.54, 1.807) is 48.5 Å². The Balaban J connectivity index is 1.61. The summed E-state index contributed by atoms with van der Waals surface area (Å²) in [6, 6.07) is 15.0. The number of carbonyl (C=O) groups is 3. The number of nitrogens with one attached hydrogen (secondary N) is 2. The van der Waals surface area contributed by atoms with Gasteiger partial charge in [0.2, 0.25) is 5.13 Å². The zero-order valence-electron chi connectivity index (χ0n) is 18.6. The maximum atomic E-state index is 12.7. The summed E-state index contributed by atoms with van der Waals surface area (Å²) in [7, 11) is 1.53. The summed E-state index contributed by atoms with van der Waals surface area (Å²) < 4.78 is 11.1. The van der Waals surface area contributed by atoms with E-state index < -0.39 is 24.5 Å². The molecule has 0 saturated carbocycles. The predicted octanol–water partition coefficient (Wildman–Crippen LogP) is 3.70. The standard InChI is InChI=1S/C23H24N4O5S2/c1-3-33-23-27-26-22(34-23)25-19(28)14-32-20(29)13-18(16-10-7-11-17(12-16)31-2)24-21(30)15-8-5-4-6-9-15/h4-12,18H,3,13-14H2,1-2H3,(H,24,30)(H,25,26,28). The van der Waals surface area contributed by atoms with Crippen LogP contribution in [0.25, 0.3) is 0 Å². The second-order valence-corrected chi connectivity index (χ2v) is 9.38. The number of ether oxygens (including phenoxy) is 2. The van der Waals surface area contributed by atoms with E-state index >= 15 is 0 Å². The van der Waals surface area contributed by atoms with Crippen LogP contribution in [-0.2, 0) is 14.3 Å². The summed E-state index contributed by atoms with van der Waals surface area (Å²) in [5, 5.41) is 13.6. The average Bonchev–Trinajstić information content (AvgIpc) is 3.29. The minimum absolute atomic E-state index is 0.172. The molecule has 0 fully saturated rings. The zero-order valence-corrected chi connectivity index (χ0v) is 20.3. The molecule has 0 aliphatic rings. The molecule has 11 heteroatoms. The zero-order chi connectivity index (χ0) is 24.3. The number of hydrogen-bond donors (Lipinski definition) is 2. The number of methoxy groups -OCH3 is 1. The molecule has 2 aromatic carbocycles. The monoisotopic (exact) mass is 500 g/mol. The molecule has 178 valence electrons. The molecule has 3 rings (SSSR count). The van der Waals surface area contributed by atoms with Crippen LogP contribution >= 0.6 is 23.1 Å². The number of hydrogen-bond acceptors (Lipinski definition) is 9. The molecule has 9 nitrogen and oxygen atoms in total. The van der Waals surface area contributed by atoms with Gasteiger partial charge in [-0.2, -0.15) is 0 Å². The normalized spacial score (nSPS) is 11.4. The van der Waals surface area contributed by atoms with Crippen LogP contribution in [-0.4, -0.2) is 47.5 Å². The Bertz CT molecular complexity index is 1120. The van der Waals surface area contributed by atoms with Crippen LogP contribution in [0.2, 0.25) is 0 Å². The Morgan fingerprint density at radius 2 is 1.88 bits per heavy atom. The van der Waals surface area contributed by atoms with Gasteiger partial charge in [-0.05, 0) is 35.6 Å². The molecular weight excluding hydrogens is 476 g/mol. The van der Waals surface area contributed by atoms with Crippen molar-refractivity contribution < 1.29 is 23.9 Å². The largest absolute Gasteiger partial charge is 0.497 e. The molecule has 1 unspecified atom stereocenters. The lowest BCUT2D eigenvalue weighted by atomic mass is 10.0. The van der Waals surface area contributed by atoms with Crippen LogP contribution in [0, 0.1) is 0 Å². The fraction of sp³-hybridized carbons (Fsp3) is 0.261. The molecule has 0 aliphatic heterocycles. The van der Waals surface area contributed by atoms with Gasteiger partial charge in [0.1, 0.15) is 5.75 Å². The molecule has 1 heterocycles. The lowest BCUT2D eigenvalue weighted by Crippen LogP contribution is -2.31. The van der Waals surface area contributed by atoms with Crippen LogP contribution in [0.5, 0.6) is 5.75 Å². The van der Waals surface area contributed by atoms with Gasteiger partial charge in [-0.1, -0.05) is 60.4 Å². The summed E-state index contributed by atoms with van der Waals surface area (Å²) in [6.45, 7) is 1.51. The lowest BCUT2D eigenvalue weighted by molar-refractivity contribution is -0.147. The minimum atomic E-state index is -0.685. The summed E-state index contributed by atoms with van der Waals surface area (Å²) in [5.74, 6) is -0.0763. The number of anilines is 1. The van der Waals surface area contributed by atoms with Crippen LogP contribution in [0.15, 0.2) is 58.9 Å². The molecular formula is C23H24N4O5S2. The van der Waals surface area contributed by atoms with Gasteiger partial charge in [-0.3, -0.25) is 19.7 Å². The van der Waals surface area contributed by atoms with Crippen LogP contribution < -0.4 is 15.4 Å². The summed E-state index contributed by atoms with van der Waals surface area (Å²) >= 11 is 2.76. The van der Waals surface area contributed by atoms with Crippen molar-refractivity contribution >= 4 is 46.0 Å². The first-order chi connectivity index (χ1) is 16.5. The Labute approximate surface area is 205 Å². The van der Waals surface area contributed by atoms with E-state index in [1.165, 1.54) is 30.2 Å². The number of thioether (sulfide) groups is 1. The van der Waals surface area contributed by atoms with E-state index in [4.69, 9.17) is 9.47 Å². The molecule has 0 radical (unpaired) electrons. The highest BCUT2D eigenvalue weighted by atomic mass is 32.2. The van der Waals surface area contributed by atoms with E-state index in [0.717, 1.165) is 10.1 Å². The molecule has 2 N–H and O–H groups in total. The Hall–Kier alpha value is -3.44. The topological polar surface area (TPSA) is 120 Å². The third-order valence-electron chi connectivity index (χ3n) is 4.49. The highest BCUT2D eigenvalue weighted by Crippen LogP contribution is 2.25. The maximum Gasteiger partial charge on any atom is 0.308 e. The van der Waals surface area contributed by atoms with Gasteiger partial charge in [0.05, 0.1) is 19.6 Å². The predicted molar refractivity (Wildman–Crippen MR) is 130 cm³/mol. The molecule has 0 saturated heterocycles. The van der Waals surface area contributed by atoms with E-state index in [9.17, 15) is 14.4 Å². The number of nitrogens with zero attached hydrogens (tertiary/aromatic N) is 2. The molecule has 1 atom stereocenters. The summed E-state index contributed by atoms with van der Waals surface area (Å²) in [4.78, 5) is 37.4. The number of carbonyl (C=O) groups excluding carboxylic acids is 3. The molecule has 0 aliphatic carbocycles. The van der Waals surface area contributed by atoms with Crippen molar-refractivity contribution in [3.63, 3.8) is 0 Å². The summed E-state index contributed by atoms with van der Waals surface area (Å²) in [6.07, 6.45) is -0.172. The Morgan fingerprint density at radius 1 is 1.09 bits per heavy atom. The van der Waals surface area contributed by atoms with Gasteiger partial charge < -0.3 is 14.8 Å². The van der Waals surface area contributed by atoms with Crippen LogP contribution in [0.4, 0.5) is 5.13 Å². The first-order valence-corrected chi connectivity index (χ1v) is 12.2.